The minimum Gasteiger partial charge on any atom is -0.495 e. The van der Waals surface area contributed by atoms with E-state index in [2.05, 4.69) is 26.0 Å². The van der Waals surface area contributed by atoms with E-state index in [1.165, 1.54) is 22.8 Å². The topological polar surface area (TPSA) is 127 Å². The summed E-state index contributed by atoms with van der Waals surface area (Å²) < 4.78 is 6.57. The van der Waals surface area contributed by atoms with Gasteiger partial charge in [-0.2, -0.15) is 4.52 Å². The third kappa shape index (κ3) is 4.37. The largest absolute Gasteiger partial charge is 0.495 e. The van der Waals surface area contributed by atoms with Gasteiger partial charge in [0.1, 0.15) is 5.75 Å². The normalized spacial score (nSPS) is 10.8. The molecule has 4 rings (SSSR count). The number of methoxy groups -OCH3 is 1. The van der Waals surface area contributed by atoms with E-state index in [0.29, 0.717) is 51.1 Å². The van der Waals surface area contributed by atoms with Crippen molar-refractivity contribution in [2.75, 3.05) is 25.5 Å². The number of anilines is 2. The molecule has 0 atom stereocenters. The molecule has 0 unspecified atom stereocenters. The summed E-state index contributed by atoms with van der Waals surface area (Å²) in [6.45, 7) is 2.03. The molecular formula is C21H20N6O4S. The Morgan fingerprint density at radius 2 is 1.91 bits per heavy atom. The van der Waals surface area contributed by atoms with Gasteiger partial charge in [0.2, 0.25) is 16.0 Å². The van der Waals surface area contributed by atoms with E-state index >= 15 is 0 Å². The number of benzene rings is 2. The minimum absolute atomic E-state index is 0.164. The van der Waals surface area contributed by atoms with Crippen molar-refractivity contribution in [2.24, 2.45) is 0 Å². The molecule has 3 N–H and O–H groups in total. The molecule has 4 aromatic rings. The van der Waals surface area contributed by atoms with E-state index in [9.17, 15) is 14.4 Å². The van der Waals surface area contributed by atoms with Crippen LogP contribution in [-0.4, -0.2) is 46.6 Å². The van der Waals surface area contributed by atoms with Crippen LogP contribution in [0.15, 0.2) is 47.3 Å². The maximum absolute atomic E-state index is 12.9. The van der Waals surface area contributed by atoms with Crippen LogP contribution in [-0.2, 0) is 4.79 Å². The molecule has 11 heteroatoms. The monoisotopic (exact) mass is 452 g/mol. The van der Waals surface area contributed by atoms with Gasteiger partial charge in [0, 0.05) is 25.6 Å². The number of hydrogen-bond acceptors (Lipinski definition) is 8. The van der Waals surface area contributed by atoms with Gasteiger partial charge < -0.3 is 20.7 Å². The van der Waals surface area contributed by atoms with Crippen molar-refractivity contribution >= 4 is 49.8 Å². The average Bonchev–Trinajstić information content (AvgIpc) is 3.19. The fraction of sp³-hybridized carbons (Fsp3) is 0.190. The number of ether oxygens (including phenoxy) is 1. The maximum Gasteiger partial charge on any atom is 0.283 e. The lowest BCUT2D eigenvalue weighted by Crippen LogP contribution is -2.33. The van der Waals surface area contributed by atoms with Gasteiger partial charge in [0.25, 0.3) is 11.5 Å². The summed E-state index contributed by atoms with van der Waals surface area (Å²) in [6, 6.07) is 12.1. The standard InChI is InChI=1S/C21H20N6O4S/c1-12(28)22-9-10-23-18(29)13-7-8-14-16(11-13)25-21-27(19(14)30)26-20(32-21)24-15-5-3-4-6-17(15)31-2/h3-8,11H,9-10H2,1-2H3,(H,22,28)(H,23,29)(H,24,26). The molecule has 2 heterocycles. The minimum atomic E-state index is -0.327. The Bertz CT molecular complexity index is 1380. The number of rotatable bonds is 7. The molecule has 0 saturated carbocycles. The van der Waals surface area contributed by atoms with Crippen molar-refractivity contribution in [2.45, 2.75) is 6.92 Å². The van der Waals surface area contributed by atoms with Gasteiger partial charge in [-0.1, -0.05) is 23.5 Å². The number of carbonyl (C=O) groups excluding carboxylic acids is 2. The average molecular weight is 452 g/mol. The lowest BCUT2D eigenvalue weighted by atomic mass is 10.1. The number of hydrogen-bond donors (Lipinski definition) is 3. The van der Waals surface area contributed by atoms with Gasteiger partial charge in [0.05, 0.1) is 23.7 Å². The SMILES string of the molecule is COc1ccccc1Nc1nn2c(=O)c3ccc(C(=O)NCCNC(C)=O)cc3nc2s1. The van der Waals surface area contributed by atoms with E-state index in [1.807, 2.05) is 24.3 Å². The number of nitrogens with one attached hydrogen (secondary N) is 3. The first-order valence-electron chi connectivity index (χ1n) is 9.72. The number of fused-ring (bicyclic) bond motifs is 2. The fourth-order valence-electron chi connectivity index (χ4n) is 3.08. The van der Waals surface area contributed by atoms with Crippen LogP contribution >= 0.6 is 11.3 Å². The first-order valence-corrected chi connectivity index (χ1v) is 10.5. The molecule has 2 aromatic carbocycles. The molecule has 0 aliphatic heterocycles. The summed E-state index contributed by atoms with van der Waals surface area (Å²) in [5.74, 6) is 0.163. The van der Waals surface area contributed by atoms with Gasteiger partial charge in [0.15, 0.2) is 0 Å². The molecule has 0 spiro atoms. The summed E-state index contributed by atoms with van der Waals surface area (Å²) in [7, 11) is 1.57. The van der Waals surface area contributed by atoms with Crippen molar-refractivity contribution < 1.29 is 14.3 Å². The van der Waals surface area contributed by atoms with Crippen molar-refractivity contribution in [1.82, 2.24) is 25.2 Å². The molecule has 0 fully saturated rings. The van der Waals surface area contributed by atoms with Gasteiger partial charge >= 0.3 is 0 Å². The highest BCUT2D eigenvalue weighted by Crippen LogP contribution is 2.29. The Kier molecular flexibility index (Phi) is 5.99. The van der Waals surface area contributed by atoms with Gasteiger partial charge in [-0.05, 0) is 30.3 Å². The van der Waals surface area contributed by atoms with Crippen molar-refractivity contribution in [1.29, 1.82) is 0 Å². The van der Waals surface area contributed by atoms with E-state index < -0.39 is 0 Å². The van der Waals surface area contributed by atoms with Gasteiger partial charge in [-0.3, -0.25) is 14.4 Å². The lowest BCUT2D eigenvalue weighted by Gasteiger charge is -2.07. The number of aromatic nitrogens is 3. The Hall–Kier alpha value is -3.99. The summed E-state index contributed by atoms with van der Waals surface area (Å²) in [6.07, 6.45) is 0. The highest BCUT2D eigenvalue weighted by atomic mass is 32.1. The van der Waals surface area contributed by atoms with E-state index in [4.69, 9.17) is 4.74 Å². The van der Waals surface area contributed by atoms with Gasteiger partial charge in [-0.15, -0.1) is 5.10 Å². The highest BCUT2D eigenvalue weighted by Gasteiger charge is 2.14. The third-order valence-corrected chi connectivity index (χ3v) is 5.42. The highest BCUT2D eigenvalue weighted by molar-refractivity contribution is 7.20. The van der Waals surface area contributed by atoms with Crippen molar-refractivity contribution in [3.63, 3.8) is 0 Å². The zero-order valence-electron chi connectivity index (χ0n) is 17.3. The summed E-state index contributed by atoms with van der Waals surface area (Å²) in [5, 5.41) is 13.6. The maximum atomic E-state index is 12.9. The molecule has 164 valence electrons. The number of nitrogens with zero attached hydrogens (tertiary/aromatic N) is 3. The zero-order valence-corrected chi connectivity index (χ0v) is 18.2. The van der Waals surface area contributed by atoms with Crippen LogP contribution in [0.5, 0.6) is 5.75 Å². The predicted octanol–water partition coefficient (Wildman–Crippen LogP) is 1.92. The zero-order chi connectivity index (χ0) is 22.7. The number of para-hydroxylation sites is 2. The second-order valence-corrected chi connectivity index (χ2v) is 7.77. The van der Waals surface area contributed by atoms with Crippen LogP contribution in [0.4, 0.5) is 10.8 Å². The second-order valence-electron chi connectivity index (χ2n) is 6.81. The van der Waals surface area contributed by atoms with E-state index in [0.717, 1.165) is 0 Å². The number of amides is 2. The van der Waals surface area contributed by atoms with E-state index in [1.54, 1.807) is 25.3 Å². The summed E-state index contributed by atoms with van der Waals surface area (Å²) in [5.41, 5.74) is 1.15. The van der Waals surface area contributed by atoms with Crippen LogP contribution in [0, 0.1) is 0 Å². The van der Waals surface area contributed by atoms with Crippen LogP contribution in [0.25, 0.3) is 15.9 Å². The summed E-state index contributed by atoms with van der Waals surface area (Å²) >= 11 is 1.21. The second kappa shape index (κ2) is 9.02. The van der Waals surface area contributed by atoms with Crippen LogP contribution in [0.3, 0.4) is 0 Å². The molecule has 0 aliphatic carbocycles. The Morgan fingerprint density at radius 3 is 2.69 bits per heavy atom. The molecule has 10 nitrogen and oxygen atoms in total. The first kappa shape index (κ1) is 21.2. The number of carbonyl (C=O) groups is 2. The predicted molar refractivity (Wildman–Crippen MR) is 122 cm³/mol. The third-order valence-electron chi connectivity index (χ3n) is 4.59. The smallest absolute Gasteiger partial charge is 0.283 e. The van der Waals surface area contributed by atoms with Crippen molar-refractivity contribution in [3.05, 3.63) is 58.4 Å². The molecule has 0 saturated heterocycles. The quantitative estimate of drug-likeness (QED) is 0.366. The Labute approximate surface area is 186 Å². The van der Waals surface area contributed by atoms with Crippen LogP contribution in [0.1, 0.15) is 17.3 Å². The van der Waals surface area contributed by atoms with Crippen molar-refractivity contribution in [3.8, 4) is 5.75 Å². The molecule has 0 aliphatic rings. The van der Waals surface area contributed by atoms with Crippen LogP contribution < -0.4 is 26.2 Å². The molecule has 32 heavy (non-hydrogen) atoms. The lowest BCUT2D eigenvalue weighted by molar-refractivity contribution is -0.118. The molecular weight excluding hydrogens is 432 g/mol. The van der Waals surface area contributed by atoms with E-state index in [-0.39, 0.29) is 17.4 Å². The fourth-order valence-corrected chi connectivity index (χ4v) is 3.89. The van der Waals surface area contributed by atoms with Crippen LogP contribution in [0.2, 0.25) is 0 Å². The van der Waals surface area contributed by atoms with Gasteiger partial charge in [-0.25, -0.2) is 4.98 Å². The summed E-state index contributed by atoms with van der Waals surface area (Å²) in [4.78, 5) is 41.1. The molecule has 0 radical (unpaired) electrons. The molecule has 0 bridgehead atoms. The molecule has 2 amide bonds. The molecule has 2 aromatic heterocycles. The Morgan fingerprint density at radius 1 is 1.12 bits per heavy atom. The first-order chi connectivity index (χ1) is 15.5. The Balaban J connectivity index is 1.61.